The highest BCUT2D eigenvalue weighted by molar-refractivity contribution is 7.10. The van der Waals surface area contributed by atoms with E-state index in [1.54, 1.807) is 11.3 Å². The van der Waals surface area contributed by atoms with Crippen LogP contribution >= 0.6 is 22.7 Å². The molecule has 0 aromatic carbocycles. The number of aromatic nitrogens is 2. The summed E-state index contributed by atoms with van der Waals surface area (Å²) in [5.41, 5.74) is 2.32. The Bertz CT molecular complexity index is 1100. The molecule has 0 aliphatic carbocycles. The van der Waals surface area contributed by atoms with Crippen LogP contribution in [0.2, 0.25) is 0 Å². The Balaban J connectivity index is 1.24. The van der Waals surface area contributed by atoms with E-state index in [1.807, 2.05) is 18.3 Å². The van der Waals surface area contributed by atoms with Crippen molar-refractivity contribution in [1.82, 2.24) is 19.8 Å². The van der Waals surface area contributed by atoms with E-state index < -0.39 is 0 Å². The zero-order valence-electron chi connectivity index (χ0n) is 19.5. The number of hydrogen-bond donors (Lipinski definition) is 0. The fraction of sp³-hybridized carbons (Fsp3) is 0.480. The summed E-state index contributed by atoms with van der Waals surface area (Å²) < 4.78 is 0. The number of fused-ring (bicyclic) bond motifs is 1. The maximum atomic E-state index is 13.5. The molecule has 6 nitrogen and oxygen atoms in total. The van der Waals surface area contributed by atoms with E-state index >= 15 is 0 Å². The Morgan fingerprint density at radius 1 is 1.09 bits per heavy atom. The van der Waals surface area contributed by atoms with Crippen LogP contribution in [0.1, 0.15) is 52.6 Å². The van der Waals surface area contributed by atoms with Gasteiger partial charge in [0.05, 0.1) is 12.6 Å². The first-order valence-electron chi connectivity index (χ1n) is 11.7. The second-order valence-electron chi connectivity index (χ2n) is 9.20. The first-order valence-corrected chi connectivity index (χ1v) is 13.5. The van der Waals surface area contributed by atoms with Gasteiger partial charge in [0, 0.05) is 60.2 Å². The number of carbonyl (C=O) groups excluding carboxylic acids is 1. The van der Waals surface area contributed by atoms with Crippen molar-refractivity contribution in [3.63, 3.8) is 0 Å². The third-order valence-corrected chi connectivity index (χ3v) is 8.45. The molecule has 1 fully saturated rings. The molecule has 33 heavy (non-hydrogen) atoms. The molecule has 1 saturated heterocycles. The summed E-state index contributed by atoms with van der Waals surface area (Å²) in [6.07, 6.45) is 0.958. The molecular weight excluding hydrogens is 450 g/mol. The van der Waals surface area contributed by atoms with Crippen molar-refractivity contribution in [1.29, 1.82) is 0 Å². The molecule has 0 radical (unpaired) electrons. The van der Waals surface area contributed by atoms with Gasteiger partial charge >= 0.3 is 0 Å². The molecule has 5 rings (SSSR count). The summed E-state index contributed by atoms with van der Waals surface area (Å²) in [7, 11) is 0. The van der Waals surface area contributed by atoms with Gasteiger partial charge in [0.2, 0.25) is 5.91 Å². The minimum absolute atomic E-state index is 0.0623. The van der Waals surface area contributed by atoms with E-state index in [0.29, 0.717) is 12.5 Å². The fourth-order valence-electron chi connectivity index (χ4n) is 4.75. The van der Waals surface area contributed by atoms with Crippen LogP contribution in [0.5, 0.6) is 0 Å². The lowest BCUT2D eigenvalue weighted by Gasteiger charge is -2.39. The van der Waals surface area contributed by atoms with E-state index in [9.17, 15) is 4.79 Å². The van der Waals surface area contributed by atoms with Gasteiger partial charge in [-0.25, -0.2) is 9.97 Å². The molecule has 1 atom stereocenters. The zero-order chi connectivity index (χ0) is 22.9. The number of carbonyl (C=O) groups is 1. The number of rotatable bonds is 5. The van der Waals surface area contributed by atoms with E-state index in [0.717, 1.165) is 56.5 Å². The first-order chi connectivity index (χ1) is 16.0. The van der Waals surface area contributed by atoms with Gasteiger partial charge in [-0.1, -0.05) is 19.9 Å². The lowest BCUT2D eigenvalue weighted by molar-refractivity contribution is -0.134. The quantitative estimate of drug-likeness (QED) is 0.543. The predicted octanol–water partition coefficient (Wildman–Crippen LogP) is 4.33. The van der Waals surface area contributed by atoms with Gasteiger partial charge < -0.3 is 9.80 Å². The molecule has 3 aromatic rings. The van der Waals surface area contributed by atoms with Crippen LogP contribution in [-0.2, 0) is 11.2 Å². The minimum atomic E-state index is 0.0623. The predicted molar refractivity (Wildman–Crippen MR) is 135 cm³/mol. The molecule has 0 bridgehead atoms. The largest absolute Gasteiger partial charge is 0.354 e. The van der Waals surface area contributed by atoms with Crippen LogP contribution in [0.3, 0.4) is 0 Å². The van der Waals surface area contributed by atoms with Gasteiger partial charge in [-0.2, -0.15) is 0 Å². The molecule has 0 unspecified atom stereocenters. The molecule has 0 N–H and O–H groups in total. The van der Waals surface area contributed by atoms with Crippen molar-refractivity contribution in [3.05, 3.63) is 61.9 Å². The van der Waals surface area contributed by atoms with Crippen LogP contribution < -0.4 is 4.90 Å². The molecule has 1 amide bonds. The van der Waals surface area contributed by atoms with Crippen molar-refractivity contribution in [3.8, 4) is 0 Å². The van der Waals surface area contributed by atoms with E-state index in [4.69, 9.17) is 4.98 Å². The molecule has 2 aliphatic heterocycles. The highest BCUT2D eigenvalue weighted by Gasteiger charge is 2.34. The molecular formula is C25H31N5OS2. The van der Waals surface area contributed by atoms with Crippen molar-refractivity contribution >= 4 is 34.4 Å². The molecule has 5 heterocycles. The second kappa shape index (κ2) is 9.52. The van der Waals surface area contributed by atoms with Gasteiger partial charge in [0.1, 0.15) is 11.6 Å². The van der Waals surface area contributed by atoms with Gasteiger partial charge in [-0.05, 0) is 41.8 Å². The van der Waals surface area contributed by atoms with Crippen molar-refractivity contribution in [2.24, 2.45) is 0 Å². The summed E-state index contributed by atoms with van der Waals surface area (Å²) in [6, 6.07) is 8.59. The third-order valence-electron chi connectivity index (χ3n) is 6.53. The lowest BCUT2D eigenvalue weighted by Crippen LogP contribution is -2.51. The average molecular weight is 482 g/mol. The monoisotopic (exact) mass is 481 g/mol. The summed E-state index contributed by atoms with van der Waals surface area (Å²) in [5.74, 6) is 2.46. The van der Waals surface area contributed by atoms with Crippen LogP contribution in [-0.4, -0.2) is 64.9 Å². The standard InChI is InChI=1S/C25H31N5OS2/c1-17(2)25-26-18(3)15-22(27-25)29-11-9-28(10-12-29)16-23(31)30-8-6-20-19(7-14-33-20)24(30)21-5-4-13-32-21/h4-5,7,13-15,17,24H,6,8-12,16H2,1-3H3/t24-/m0/s1. The number of nitrogens with zero attached hydrogens (tertiary/aromatic N) is 5. The molecule has 0 saturated carbocycles. The number of amides is 1. The summed E-state index contributed by atoms with van der Waals surface area (Å²) >= 11 is 3.56. The molecule has 174 valence electrons. The molecule has 3 aromatic heterocycles. The highest BCUT2D eigenvalue weighted by atomic mass is 32.1. The van der Waals surface area contributed by atoms with Crippen LogP contribution in [0, 0.1) is 6.92 Å². The number of hydrogen-bond acceptors (Lipinski definition) is 7. The molecule has 8 heteroatoms. The van der Waals surface area contributed by atoms with Crippen molar-refractivity contribution in [2.45, 2.75) is 39.2 Å². The fourth-order valence-corrected chi connectivity index (χ4v) is 6.51. The number of thiophene rings is 2. The summed E-state index contributed by atoms with van der Waals surface area (Å²) in [5, 5.41) is 4.27. The maximum absolute atomic E-state index is 13.5. The third kappa shape index (κ3) is 4.69. The topological polar surface area (TPSA) is 52.6 Å². The van der Waals surface area contributed by atoms with Crippen LogP contribution in [0.4, 0.5) is 5.82 Å². The lowest BCUT2D eigenvalue weighted by atomic mass is 9.98. The first kappa shape index (κ1) is 22.5. The minimum Gasteiger partial charge on any atom is -0.354 e. The van der Waals surface area contributed by atoms with Crippen LogP contribution in [0.15, 0.2) is 35.0 Å². The normalized spacial score (nSPS) is 19.2. The Labute approximate surface area is 203 Å². The maximum Gasteiger partial charge on any atom is 0.237 e. The molecule has 2 aliphatic rings. The van der Waals surface area contributed by atoms with Gasteiger partial charge in [0.25, 0.3) is 0 Å². The van der Waals surface area contributed by atoms with E-state index in [1.165, 1.54) is 15.3 Å². The second-order valence-corrected chi connectivity index (χ2v) is 11.2. The SMILES string of the molecule is Cc1cc(N2CCN(CC(=O)N3CCc4sccc4[C@H]3c3cccs3)CC2)nc(C(C)C)n1. The molecule has 0 spiro atoms. The average Bonchev–Trinajstić information content (AvgIpc) is 3.50. The Morgan fingerprint density at radius 3 is 2.64 bits per heavy atom. The Hall–Kier alpha value is -2.29. The van der Waals surface area contributed by atoms with Gasteiger partial charge in [0.15, 0.2) is 0 Å². The Kier molecular flexibility index (Phi) is 6.49. The zero-order valence-corrected chi connectivity index (χ0v) is 21.2. The van der Waals surface area contributed by atoms with Crippen LogP contribution in [0.25, 0.3) is 0 Å². The summed E-state index contributed by atoms with van der Waals surface area (Å²) in [6.45, 7) is 11.1. The van der Waals surface area contributed by atoms with Gasteiger partial charge in [-0.3, -0.25) is 9.69 Å². The smallest absolute Gasteiger partial charge is 0.237 e. The number of aryl methyl sites for hydroxylation is 1. The van der Waals surface area contributed by atoms with Gasteiger partial charge in [-0.15, -0.1) is 22.7 Å². The van der Waals surface area contributed by atoms with Crippen molar-refractivity contribution in [2.75, 3.05) is 44.2 Å². The Morgan fingerprint density at radius 2 is 1.91 bits per heavy atom. The summed E-state index contributed by atoms with van der Waals surface area (Å²) in [4.78, 5) is 32.3. The number of anilines is 1. The highest BCUT2D eigenvalue weighted by Crippen LogP contribution is 2.39. The number of piperazine rings is 1. The van der Waals surface area contributed by atoms with E-state index in [-0.39, 0.29) is 11.9 Å². The van der Waals surface area contributed by atoms with Crippen molar-refractivity contribution < 1.29 is 4.79 Å². The van der Waals surface area contributed by atoms with E-state index in [2.05, 4.69) is 68.6 Å².